The molecular weight excluding hydrogens is 861 g/mol. The first kappa shape index (κ1) is 67.1. The minimum atomic E-state index is -0.776. The van der Waals surface area contributed by atoms with Crippen LogP contribution in [-0.2, 0) is 19.1 Å². The lowest BCUT2D eigenvalue weighted by Crippen LogP contribution is -2.28. The van der Waals surface area contributed by atoms with Gasteiger partial charge in [0, 0.05) is 12.8 Å². The van der Waals surface area contributed by atoms with Crippen molar-refractivity contribution in [1.82, 2.24) is 0 Å². The third-order valence-electron chi connectivity index (χ3n) is 13.2. The summed E-state index contributed by atoms with van der Waals surface area (Å²) in [6.07, 6.45) is 84.3. The molecule has 70 heavy (non-hydrogen) atoms. The number of allylic oxidation sites excluding steroid dienone is 14. The van der Waals surface area contributed by atoms with E-state index in [9.17, 15) is 14.7 Å². The predicted molar refractivity (Wildman–Crippen MR) is 306 cm³/mol. The van der Waals surface area contributed by atoms with Crippen LogP contribution < -0.4 is 0 Å². The van der Waals surface area contributed by atoms with Crippen molar-refractivity contribution < 1.29 is 24.2 Å². The van der Waals surface area contributed by atoms with Gasteiger partial charge in [-0.15, -0.1) is 0 Å². The summed E-state index contributed by atoms with van der Waals surface area (Å²) in [5.74, 6) is -0.586. The molecular formula is C65H114O5. The standard InChI is InChI=1S/C65H114O5/c1-3-5-7-9-11-13-15-17-19-21-23-25-26-27-28-29-30-31-32-33-34-35-36-37-38-40-42-44-46-48-50-52-54-56-58-60-65(68)70-63(61-66)62-69-64(67)59-57-55-53-51-49-47-45-43-41-39-24-22-20-18-16-14-12-10-8-6-4-2/h5,7,11,13,16-19,22-25,27-28,63,66H,3-4,6,8-10,12,14-15,20-21,26,29-62H2,1-2H3/b7-5-,13-11-,18-16-,19-17-,24-22-,25-23-,28-27-. The zero-order chi connectivity index (χ0) is 50.6. The number of hydrogen-bond acceptors (Lipinski definition) is 5. The zero-order valence-corrected chi connectivity index (χ0v) is 46.3. The topological polar surface area (TPSA) is 72.8 Å². The van der Waals surface area contributed by atoms with Gasteiger partial charge < -0.3 is 14.6 Å². The van der Waals surface area contributed by atoms with Gasteiger partial charge in [-0.05, 0) is 89.9 Å². The first-order valence-electron chi connectivity index (χ1n) is 30.1. The Balaban J connectivity index is 3.46. The van der Waals surface area contributed by atoms with Crippen LogP contribution in [0, 0.1) is 0 Å². The highest BCUT2D eigenvalue weighted by Crippen LogP contribution is 2.17. The highest BCUT2D eigenvalue weighted by atomic mass is 16.6. The fourth-order valence-corrected chi connectivity index (χ4v) is 8.67. The number of hydrogen-bond donors (Lipinski definition) is 1. The van der Waals surface area contributed by atoms with E-state index < -0.39 is 6.10 Å². The average molecular weight is 976 g/mol. The number of unbranched alkanes of at least 4 members (excludes halogenated alkanes) is 33. The summed E-state index contributed by atoms with van der Waals surface area (Å²) in [7, 11) is 0. The predicted octanol–water partition coefficient (Wildman–Crippen LogP) is 20.5. The van der Waals surface area contributed by atoms with Crippen LogP contribution in [0.3, 0.4) is 0 Å². The molecule has 404 valence electrons. The number of aliphatic hydroxyl groups is 1. The molecule has 0 rings (SSSR count). The molecule has 0 amide bonds. The number of aliphatic hydroxyl groups excluding tert-OH is 1. The van der Waals surface area contributed by atoms with Crippen molar-refractivity contribution in [3.05, 3.63) is 85.1 Å². The number of ether oxygens (including phenoxy) is 2. The minimum absolute atomic E-state index is 0.0676. The van der Waals surface area contributed by atoms with Crippen molar-refractivity contribution in [3.8, 4) is 0 Å². The lowest BCUT2D eigenvalue weighted by Gasteiger charge is -2.15. The molecule has 0 aliphatic heterocycles. The van der Waals surface area contributed by atoms with Gasteiger partial charge in [0.05, 0.1) is 6.61 Å². The Morgan fingerprint density at radius 1 is 0.343 bits per heavy atom. The summed E-state index contributed by atoms with van der Waals surface area (Å²) in [6, 6.07) is 0. The maximum atomic E-state index is 12.3. The summed E-state index contributed by atoms with van der Waals surface area (Å²) in [5.41, 5.74) is 0. The molecule has 0 aliphatic carbocycles. The number of esters is 2. The molecule has 0 spiro atoms. The Bertz CT molecular complexity index is 1290. The van der Waals surface area contributed by atoms with E-state index in [1.807, 2.05) is 0 Å². The maximum absolute atomic E-state index is 12.3. The van der Waals surface area contributed by atoms with Crippen molar-refractivity contribution in [3.63, 3.8) is 0 Å². The third kappa shape index (κ3) is 57.7. The molecule has 0 aromatic heterocycles. The maximum Gasteiger partial charge on any atom is 0.306 e. The number of carbonyl (C=O) groups excluding carboxylic acids is 2. The van der Waals surface area contributed by atoms with E-state index in [1.165, 1.54) is 193 Å². The summed E-state index contributed by atoms with van der Waals surface area (Å²) in [5, 5.41) is 9.66. The fourth-order valence-electron chi connectivity index (χ4n) is 8.67. The van der Waals surface area contributed by atoms with Gasteiger partial charge >= 0.3 is 11.9 Å². The van der Waals surface area contributed by atoms with Crippen molar-refractivity contribution >= 4 is 11.9 Å². The van der Waals surface area contributed by atoms with E-state index in [0.717, 1.165) is 77.0 Å². The summed E-state index contributed by atoms with van der Waals surface area (Å²) in [4.78, 5) is 24.5. The molecule has 0 aromatic rings. The lowest BCUT2D eigenvalue weighted by molar-refractivity contribution is -0.161. The van der Waals surface area contributed by atoms with Gasteiger partial charge in [0.25, 0.3) is 0 Å². The molecule has 5 heteroatoms. The van der Waals surface area contributed by atoms with E-state index >= 15 is 0 Å². The van der Waals surface area contributed by atoms with E-state index in [0.29, 0.717) is 12.8 Å². The highest BCUT2D eigenvalue weighted by Gasteiger charge is 2.16. The van der Waals surface area contributed by atoms with E-state index in [-0.39, 0.29) is 25.2 Å². The molecule has 0 fully saturated rings. The SMILES string of the molecule is CC/C=C\C/C=C\C/C=C\C/C=C\C/C=C\CCCCCCCCCCCCCCCCCCCCCC(=O)OC(CO)COC(=O)CCCCCCCCCCC/C=C\C/C=C\CCCCCCC. The second-order valence-electron chi connectivity index (χ2n) is 20.0. The molecule has 0 bridgehead atoms. The van der Waals surface area contributed by atoms with Crippen molar-refractivity contribution in [1.29, 1.82) is 0 Å². The fraction of sp³-hybridized carbons (Fsp3) is 0.754. The Labute approximate surface area is 435 Å². The van der Waals surface area contributed by atoms with Gasteiger partial charge in [0.15, 0.2) is 6.10 Å². The third-order valence-corrected chi connectivity index (χ3v) is 13.2. The summed E-state index contributed by atoms with van der Waals surface area (Å²) >= 11 is 0. The average Bonchev–Trinajstić information content (AvgIpc) is 3.36. The van der Waals surface area contributed by atoms with Crippen LogP contribution in [0.5, 0.6) is 0 Å². The van der Waals surface area contributed by atoms with E-state index in [2.05, 4.69) is 98.9 Å². The summed E-state index contributed by atoms with van der Waals surface area (Å²) < 4.78 is 10.7. The van der Waals surface area contributed by atoms with Crippen LogP contribution >= 0.6 is 0 Å². The largest absolute Gasteiger partial charge is 0.462 e. The van der Waals surface area contributed by atoms with Gasteiger partial charge in [-0.2, -0.15) is 0 Å². The smallest absolute Gasteiger partial charge is 0.306 e. The van der Waals surface area contributed by atoms with Gasteiger partial charge in [-0.1, -0.05) is 279 Å². The van der Waals surface area contributed by atoms with E-state index in [4.69, 9.17) is 9.47 Å². The van der Waals surface area contributed by atoms with Gasteiger partial charge in [0.1, 0.15) is 6.61 Å². The molecule has 0 radical (unpaired) electrons. The van der Waals surface area contributed by atoms with Crippen LogP contribution in [0.2, 0.25) is 0 Å². The quantitative estimate of drug-likeness (QED) is 0.0373. The lowest BCUT2D eigenvalue weighted by atomic mass is 10.0. The normalized spacial score (nSPS) is 12.8. The number of carbonyl (C=O) groups is 2. The van der Waals surface area contributed by atoms with Crippen LogP contribution in [0.4, 0.5) is 0 Å². The molecule has 0 saturated carbocycles. The highest BCUT2D eigenvalue weighted by molar-refractivity contribution is 5.70. The molecule has 0 aromatic carbocycles. The van der Waals surface area contributed by atoms with Crippen LogP contribution in [-0.4, -0.2) is 36.4 Å². The minimum Gasteiger partial charge on any atom is -0.462 e. The Kier molecular flexibility index (Phi) is 57.9. The second kappa shape index (κ2) is 60.4. The Hall–Kier alpha value is -2.92. The zero-order valence-electron chi connectivity index (χ0n) is 46.3. The molecule has 1 N–H and O–H groups in total. The first-order valence-corrected chi connectivity index (χ1v) is 30.1. The van der Waals surface area contributed by atoms with Crippen molar-refractivity contribution in [2.24, 2.45) is 0 Å². The van der Waals surface area contributed by atoms with Gasteiger partial charge in [0.2, 0.25) is 0 Å². The molecule has 5 nitrogen and oxygen atoms in total. The molecule has 1 atom stereocenters. The van der Waals surface area contributed by atoms with Gasteiger partial charge in [-0.25, -0.2) is 0 Å². The molecule has 0 heterocycles. The monoisotopic (exact) mass is 975 g/mol. The second-order valence-corrected chi connectivity index (χ2v) is 20.0. The number of rotatable bonds is 55. The van der Waals surface area contributed by atoms with Gasteiger partial charge in [-0.3, -0.25) is 9.59 Å². The Morgan fingerprint density at radius 3 is 0.929 bits per heavy atom. The van der Waals surface area contributed by atoms with Crippen LogP contribution in [0.25, 0.3) is 0 Å². The Morgan fingerprint density at radius 2 is 0.614 bits per heavy atom. The van der Waals surface area contributed by atoms with E-state index in [1.54, 1.807) is 0 Å². The molecule has 0 saturated heterocycles. The van der Waals surface area contributed by atoms with Crippen LogP contribution in [0.15, 0.2) is 85.1 Å². The van der Waals surface area contributed by atoms with Crippen LogP contribution in [0.1, 0.15) is 296 Å². The summed E-state index contributed by atoms with van der Waals surface area (Å²) in [6.45, 7) is 4.04. The van der Waals surface area contributed by atoms with Crippen molar-refractivity contribution in [2.75, 3.05) is 13.2 Å². The van der Waals surface area contributed by atoms with Crippen molar-refractivity contribution in [2.45, 2.75) is 302 Å². The molecule has 0 aliphatic rings. The molecule has 1 unspecified atom stereocenters. The first-order chi connectivity index (χ1) is 34.6.